The molecule has 3 rings (SSSR count). The summed E-state index contributed by atoms with van der Waals surface area (Å²) in [6.45, 7) is 0.574. The van der Waals surface area contributed by atoms with E-state index in [9.17, 15) is 23.3 Å². The molecule has 0 bridgehead atoms. The number of carbonyl (C=O) groups excluding carboxylic acids is 1. The predicted molar refractivity (Wildman–Crippen MR) is 115 cm³/mol. The first-order valence-corrected chi connectivity index (χ1v) is 11.1. The zero-order valence-electron chi connectivity index (χ0n) is 16.6. The van der Waals surface area contributed by atoms with Gasteiger partial charge in [-0.1, -0.05) is 23.7 Å². The number of sulfonamides is 1. The van der Waals surface area contributed by atoms with Crippen molar-refractivity contribution in [2.45, 2.75) is 4.90 Å². The van der Waals surface area contributed by atoms with Gasteiger partial charge in [-0.15, -0.1) is 0 Å². The van der Waals surface area contributed by atoms with Gasteiger partial charge < -0.3 is 9.64 Å². The van der Waals surface area contributed by atoms with Crippen LogP contribution in [0.4, 0.5) is 5.69 Å². The number of benzene rings is 2. The van der Waals surface area contributed by atoms with Gasteiger partial charge in [0.1, 0.15) is 0 Å². The maximum atomic E-state index is 12.9. The Kier molecular flexibility index (Phi) is 6.94. The standard InChI is InChI=1S/C20H20ClN3O6S/c1-30-19-7-6-17(14-18(19)24(26)27)31(28,29)23-11-9-22(10-12-23)20(25)8-5-15-3-2-4-16(21)13-15/h2-8,13-14H,9-12H2,1H3/b8-5+. The number of halogens is 1. The molecule has 0 atom stereocenters. The fourth-order valence-electron chi connectivity index (χ4n) is 3.15. The van der Waals surface area contributed by atoms with Crippen LogP contribution in [-0.4, -0.2) is 61.7 Å². The van der Waals surface area contributed by atoms with Gasteiger partial charge in [0, 0.05) is 43.3 Å². The third-order valence-corrected chi connectivity index (χ3v) is 6.93. The lowest BCUT2D eigenvalue weighted by atomic mass is 10.2. The molecule has 1 saturated heterocycles. The smallest absolute Gasteiger partial charge is 0.312 e. The number of amides is 1. The van der Waals surface area contributed by atoms with E-state index in [0.717, 1.165) is 11.6 Å². The molecule has 9 nitrogen and oxygen atoms in total. The van der Waals surface area contributed by atoms with Crippen molar-refractivity contribution in [3.05, 3.63) is 69.2 Å². The Bertz CT molecular complexity index is 1130. The van der Waals surface area contributed by atoms with Gasteiger partial charge in [0.05, 0.1) is 16.9 Å². The number of carbonyl (C=O) groups is 1. The summed E-state index contributed by atoms with van der Waals surface area (Å²) in [7, 11) is -2.68. The highest BCUT2D eigenvalue weighted by atomic mass is 35.5. The van der Waals surface area contributed by atoms with Crippen molar-refractivity contribution in [3.8, 4) is 5.75 Å². The normalized spacial score (nSPS) is 15.2. The Morgan fingerprint density at radius 1 is 1.16 bits per heavy atom. The van der Waals surface area contributed by atoms with E-state index in [2.05, 4.69) is 0 Å². The quantitative estimate of drug-likeness (QED) is 0.368. The van der Waals surface area contributed by atoms with Crippen molar-refractivity contribution in [1.29, 1.82) is 0 Å². The summed E-state index contributed by atoms with van der Waals surface area (Å²) in [6, 6.07) is 10.6. The second kappa shape index (κ2) is 9.46. The number of nitrogens with zero attached hydrogens (tertiary/aromatic N) is 3. The first-order valence-electron chi connectivity index (χ1n) is 9.27. The number of rotatable bonds is 6. The molecule has 0 aromatic heterocycles. The van der Waals surface area contributed by atoms with E-state index < -0.39 is 20.6 Å². The molecule has 0 radical (unpaired) electrons. The average Bonchev–Trinajstić information content (AvgIpc) is 2.77. The second-order valence-corrected chi connectivity index (χ2v) is 9.08. The van der Waals surface area contributed by atoms with Crippen molar-refractivity contribution < 1.29 is 22.9 Å². The number of nitro benzene ring substituents is 1. The van der Waals surface area contributed by atoms with Crippen molar-refractivity contribution >= 4 is 39.3 Å². The average molecular weight is 466 g/mol. The van der Waals surface area contributed by atoms with Crippen molar-refractivity contribution in [1.82, 2.24) is 9.21 Å². The molecule has 31 heavy (non-hydrogen) atoms. The Balaban J connectivity index is 1.68. The van der Waals surface area contributed by atoms with E-state index in [4.69, 9.17) is 16.3 Å². The molecule has 1 fully saturated rings. The molecule has 0 aliphatic carbocycles. The van der Waals surface area contributed by atoms with Gasteiger partial charge >= 0.3 is 5.69 Å². The monoisotopic (exact) mass is 465 g/mol. The van der Waals surface area contributed by atoms with Crippen molar-refractivity contribution in [2.24, 2.45) is 0 Å². The summed E-state index contributed by atoms with van der Waals surface area (Å²) < 4.78 is 32.0. The van der Waals surface area contributed by atoms with Crippen molar-refractivity contribution in [3.63, 3.8) is 0 Å². The molecule has 2 aromatic rings. The lowest BCUT2D eigenvalue weighted by Gasteiger charge is -2.33. The topological polar surface area (TPSA) is 110 Å². The fraction of sp³-hybridized carbons (Fsp3) is 0.250. The van der Waals surface area contributed by atoms with E-state index >= 15 is 0 Å². The predicted octanol–water partition coefficient (Wildman–Crippen LogP) is 2.80. The van der Waals surface area contributed by atoms with E-state index in [1.807, 2.05) is 6.07 Å². The van der Waals surface area contributed by atoms with E-state index in [1.165, 1.54) is 29.6 Å². The van der Waals surface area contributed by atoms with Crippen LogP contribution in [0.1, 0.15) is 5.56 Å². The van der Waals surface area contributed by atoms with Crippen LogP contribution in [0.25, 0.3) is 6.08 Å². The molecular formula is C20H20ClN3O6S. The highest BCUT2D eigenvalue weighted by molar-refractivity contribution is 7.89. The SMILES string of the molecule is COc1ccc(S(=O)(=O)N2CCN(C(=O)/C=C/c3cccc(Cl)c3)CC2)cc1[N+](=O)[O-]. The highest BCUT2D eigenvalue weighted by Crippen LogP contribution is 2.30. The van der Waals surface area contributed by atoms with E-state index in [-0.39, 0.29) is 42.7 Å². The number of methoxy groups -OCH3 is 1. The summed E-state index contributed by atoms with van der Waals surface area (Å²) in [4.78, 5) is 24.3. The summed E-state index contributed by atoms with van der Waals surface area (Å²) in [5.74, 6) is -0.261. The minimum atomic E-state index is -3.95. The van der Waals surface area contributed by atoms with Crippen molar-refractivity contribution in [2.75, 3.05) is 33.3 Å². The van der Waals surface area contributed by atoms with Gasteiger partial charge in [0.25, 0.3) is 0 Å². The summed E-state index contributed by atoms with van der Waals surface area (Å²) in [5, 5.41) is 11.8. The third kappa shape index (κ3) is 5.22. The Labute approximate surface area is 184 Å². The fourth-order valence-corrected chi connectivity index (χ4v) is 4.80. The molecule has 0 spiro atoms. The summed E-state index contributed by atoms with van der Waals surface area (Å²) in [6.07, 6.45) is 3.07. The Morgan fingerprint density at radius 2 is 1.87 bits per heavy atom. The first kappa shape index (κ1) is 22.7. The van der Waals surface area contributed by atoms with Crippen LogP contribution >= 0.6 is 11.6 Å². The molecule has 164 valence electrons. The van der Waals surface area contributed by atoms with Crippen LogP contribution in [0.15, 0.2) is 53.4 Å². The Morgan fingerprint density at radius 3 is 2.48 bits per heavy atom. The molecule has 0 N–H and O–H groups in total. The summed E-state index contributed by atoms with van der Waals surface area (Å²) >= 11 is 5.93. The van der Waals surface area contributed by atoms with Crippen LogP contribution < -0.4 is 4.74 Å². The van der Waals surface area contributed by atoms with Crippen LogP contribution in [0.5, 0.6) is 5.75 Å². The lowest BCUT2D eigenvalue weighted by Crippen LogP contribution is -2.50. The molecule has 1 amide bonds. The summed E-state index contributed by atoms with van der Waals surface area (Å²) in [5.41, 5.74) is 0.353. The first-order chi connectivity index (χ1) is 14.7. The molecule has 0 unspecified atom stereocenters. The minimum Gasteiger partial charge on any atom is -0.490 e. The number of ether oxygens (including phenoxy) is 1. The molecule has 0 saturated carbocycles. The zero-order valence-corrected chi connectivity index (χ0v) is 18.2. The van der Waals surface area contributed by atoms with Crippen LogP contribution in [0, 0.1) is 10.1 Å². The van der Waals surface area contributed by atoms with Gasteiger partial charge in [0.2, 0.25) is 15.9 Å². The van der Waals surface area contributed by atoms with Gasteiger partial charge in [-0.05, 0) is 35.9 Å². The number of nitro groups is 1. The minimum absolute atomic E-state index is 0.0224. The molecule has 1 aliphatic heterocycles. The lowest BCUT2D eigenvalue weighted by molar-refractivity contribution is -0.386. The Hall–Kier alpha value is -2.95. The second-order valence-electron chi connectivity index (χ2n) is 6.71. The maximum Gasteiger partial charge on any atom is 0.312 e. The molecule has 2 aromatic carbocycles. The van der Waals surface area contributed by atoms with Gasteiger partial charge in [-0.2, -0.15) is 4.31 Å². The third-order valence-electron chi connectivity index (χ3n) is 4.80. The molecule has 11 heteroatoms. The van der Waals surface area contributed by atoms with Gasteiger partial charge in [-0.3, -0.25) is 14.9 Å². The van der Waals surface area contributed by atoms with Crippen LogP contribution in [-0.2, 0) is 14.8 Å². The highest BCUT2D eigenvalue weighted by Gasteiger charge is 2.31. The van der Waals surface area contributed by atoms with Gasteiger partial charge in [0.15, 0.2) is 5.75 Å². The number of hydrogen-bond acceptors (Lipinski definition) is 6. The van der Waals surface area contributed by atoms with Gasteiger partial charge in [-0.25, -0.2) is 8.42 Å². The van der Waals surface area contributed by atoms with E-state index in [0.29, 0.717) is 5.02 Å². The van der Waals surface area contributed by atoms with Crippen LogP contribution in [0.3, 0.4) is 0 Å². The number of hydrogen-bond donors (Lipinski definition) is 0. The maximum absolute atomic E-state index is 12.9. The largest absolute Gasteiger partial charge is 0.490 e. The zero-order chi connectivity index (χ0) is 22.6. The molecular weight excluding hydrogens is 446 g/mol. The molecule has 1 aliphatic rings. The van der Waals surface area contributed by atoms with E-state index in [1.54, 1.807) is 29.2 Å². The number of piperazine rings is 1. The van der Waals surface area contributed by atoms with Crippen LogP contribution in [0.2, 0.25) is 5.02 Å². The molecule has 1 heterocycles.